The van der Waals surface area contributed by atoms with Crippen LogP contribution in [0.3, 0.4) is 0 Å². The van der Waals surface area contributed by atoms with Gasteiger partial charge in [-0.3, -0.25) is 4.90 Å². The van der Waals surface area contributed by atoms with Crippen molar-refractivity contribution in [3.8, 4) is 0 Å². The van der Waals surface area contributed by atoms with E-state index in [4.69, 9.17) is 0 Å². The highest BCUT2D eigenvalue weighted by Crippen LogP contribution is 2.01. The maximum absolute atomic E-state index is 3.74. The van der Waals surface area contributed by atoms with Crippen molar-refractivity contribution in [2.45, 2.75) is 19.4 Å². The lowest BCUT2D eigenvalue weighted by Gasteiger charge is -2.32. The van der Waals surface area contributed by atoms with E-state index in [1.54, 1.807) is 0 Å². The first-order valence-electron chi connectivity index (χ1n) is 4.43. The van der Waals surface area contributed by atoms with E-state index in [-0.39, 0.29) is 0 Å². The molecule has 1 aliphatic heterocycles. The Balaban J connectivity index is 2.27. The number of piperazine rings is 1. The van der Waals surface area contributed by atoms with Crippen LogP contribution in [0.1, 0.15) is 13.3 Å². The number of hydrogen-bond donors (Lipinski definition) is 1. The standard InChI is InChI=1S/C9H18N2/c1-3-6-11-7-5-10-9(4-2)8-11/h3,9-10H,1,4-8H2,2H3. The molecular weight excluding hydrogens is 136 g/mol. The second kappa shape index (κ2) is 4.52. The maximum atomic E-state index is 3.74. The van der Waals surface area contributed by atoms with Crippen molar-refractivity contribution in [1.29, 1.82) is 0 Å². The van der Waals surface area contributed by atoms with Crippen LogP contribution in [0.25, 0.3) is 0 Å². The number of nitrogens with one attached hydrogen (secondary N) is 1. The summed E-state index contributed by atoms with van der Waals surface area (Å²) in [6, 6.07) is 0.698. The first-order valence-corrected chi connectivity index (χ1v) is 4.43. The molecule has 2 heteroatoms. The van der Waals surface area contributed by atoms with E-state index < -0.39 is 0 Å². The van der Waals surface area contributed by atoms with Gasteiger partial charge in [0.25, 0.3) is 0 Å². The summed E-state index contributed by atoms with van der Waals surface area (Å²) in [7, 11) is 0. The van der Waals surface area contributed by atoms with Crippen molar-refractivity contribution in [3.63, 3.8) is 0 Å². The van der Waals surface area contributed by atoms with E-state index in [1.165, 1.54) is 19.5 Å². The first-order chi connectivity index (χ1) is 5.36. The molecule has 1 fully saturated rings. The van der Waals surface area contributed by atoms with Gasteiger partial charge in [0.2, 0.25) is 0 Å². The molecule has 0 radical (unpaired) electrons. The summed E-state index contributed by atoms with van der Waals surface area (Å²) in [5.74, 6) is 0. The fourth-order valence-corrected chi connectivity index (χ4v) is 1.52. The summed E-state index contributed by atoms with van der Waals surface area (Å²) in [6.45, 7) is 10.5. The maximum Gasteiger partial charge on any atom is 0.0193 e. The molecule has 0 bridgehead atoms. The first kappa shape index (κ1) is 8.75. The molecule has 1 atom stereocenters. The quantitative estimate of drug-likeness (QED) is 0.606. The number of hydrogen-bond acceptors (Lipinski definition) is 2. The van der Waals surface area contributed by atoms with Gasteiger partial charge >= 0.3 is 0 Å². The molecule has 0 saturated carbocycles. The highest BCUT2D eigenvalue weighted by molar-refractivity contribution is 4.81. The lowest BCUT2D eigenvalue weighted by atomic mass is 10.1. The van der Waals surface area contributed by atoms with Gasteiger partial charge in [-0.25, -0.2) is 0 Å². The molecule has 11 heavy (non-hydrogen) atoms. The highest BCUT2D eigenvalue weighted by Gasteiger charge is 2.15. The van der Waals surface area contributed by atoms with Crippen molar-refractivity contribution in [2.75, 3.05) is 26.2 Å². The lowest BCUT2D eigenvalue weighted by Crippen LogP contribution is -2.50. The fourth-order valence-electron chi connectivity index (χ4n) is 1.52. The largest absolute Gasteiger partial charge is 0.311 e. The van der Waals surface area contributed by atoms with Crippen molar-refractivity contribution in [1.82, 2.24) is 10.2 Å². The molecule has 0 aromatic heterocycles. The Morgan fingerprint density at radius 2 is 2.55 bits per heavy atom. The molecule has 0 aliphatic carbocycles. The molecule has 1 unspecified atom stereocenters. The summed E-state index contributed by atoms with van der Waals surface area (Å²) >= 11 is 0. The number of rotatable bonds is 3. The van der Waals surface area contributed by atoms with Crippen LogP contribution in [-0.2, 0) is 0 Å². The monoisotopic (exact) mass is 154 g/mol. The van der Waals surface area contributed by atoms with Gasteiger partial charge in [0.05, 0.1) is 0 Å². The van der Waals surface area contributed by atoms with E-state index in [0.29, 0.717) is 6.04 Å². The van der Waals surface area contributed by atoms with Crippen molar-refractivity contribution >= 4 is 0 Å². The van der Waals surface area contributed by atoms with E-state index in [0.717, 1.165) is 13.1 Å². The fraction of sp³-hybridized carbons (Fsp3) is 0.778. The van der Waals surface area contributed by atoms with Crippen molar-refractivity contribution < 1.29 is 0 Å². The zero-order valence-electron chi connectivity index (χ0n) is 7.34. The smallest absolute Gasteiger partial charge is 0.0193 e. The normalized spacial score (nSPS) is 26.8. The van der Waals surface area contributed by atoms with Crippen LogP contribution in [-0.4, -0.2) is 37.1 Å². The summed E-state index contributed by atoms with van der Waals surface area (Å²) in [5.41, 5.74) is 0. The van der Waals surface area contributed by atoms with Gasteiger partial charge in [-0.15, -0.1) is 6.58 Å². The Bertz CT molecular complexity index is 123. The van der Waals surface area contributed by atoms with E-state index in [2.05, 4.69) is 23.7 Å². The molecule has 2 nitrogen and oxygen atoms in total. The Hall–Kier alpha value is -0.340. The van der Waals surface area contributed by atoms with Gasteiger partial charge in [-0.1, -0.05) is 13.0 Å². The second-order valence-corrected chi connectivity index (χ2v) is 3.11. The predicted molar refractivity (Wildman–Crippen MR) is 48.7 cm³/mol. The third-order valence-corrected chi connectivity index (χ3v) is 2.22. The van der Waals surface area contributed by atoms with Crippen LogP contribution in [0, 0.1) is 0 Å². The van der Waals surface area contributed by atoms with Gasteiger partial charge in [-0.05, 0) is 6.42 Å². The molecule has 0 spiro atoms. The van der Waals surface area contributed by atoms with Gasteiger partial charge in [0.1, 0.15) is 0 Å². The third-order valence-electron chi connectivity index (χ3n) is 2.22. The molecule has 1 aliphatic rings. The molecule has 64 valence electrons. The van der Waals surface area contributed by atoms with Crippen LogP contribution >= 0.6 is 0 Å². The Morgan fingerprint density at radius 3 is 3.18 bits per heavy atom. The summed E-state index contributed by atoms with van der Waals surface area (Å²) in [6.07, 6.45) is 3.21. The van der Waals surface area contributed by atoms with Gasteiger partial charge in [0.15, 0.2) is 0 Å². The van der Waals surface area contributed by atoms with Crippen LogP contribution in [0.5, 0.6) is 0 Å². The average Bonchev–Trinajstić information content (AvgIpc) is 2.06. The molecule has 0 aromatic carbocycles. The summed E-state index contributed by atoms with van der Waals surface area (Å²) < 4.78 is 0. The predicted octanol–water partition coefficient (Wildman–Crippen LogP) is 0.856. The second-order valence-electron chi connectivity index (χ2n) is 3.11. The van der Waals surface area contributed by atoms with Crippen molar-refractivity contribution in [3.05, 3.63) is 12.7 Å². The Labute approximate surface area is 69.3 Å². The number of nitrogens with zero attached hydrogens (tertiary/aromatic N) is 1. The molecule has 0 amide bonds. The Morgan fingerprint density at radius 1 is 1.73 bits per heavy atom. The summed E-state index contributed by atoms with van der Waals surface area (Å²) in [5, 5.41) is 3.48. The highest BCUT2D eigenvalue weighted by atomic mass is 15.2. The van der Waals surface area contributed by atoms with Crippen molar-refractivity contribution in [2.24, 2.45) is 0 Å². The molecule has 0 aromatic rings. The van der Waals surface area contributed by atoms with Gasteiger partial charge in [-0.2, -0.15) is 0 Å². The minimum absolute atomic E-state index is 0.698. The average molecular weight is 154 g/mol. The zero-order valence-corrected chi connectivity index (χ0v) is 7.34. The summed E-state index contributed by atoms with van der Waals surface area (Å²) in [4.78, 5) is 2.44. The van der Waals surface area contributed by atoms with E-state index in [1.807, 2.05) is 6.08 Å². The molecule has 1 rings (SSSR count). The van der Waals surface area contributed by atoms with Crippen LogP contribution in [0.2, 0.25) is 0 Å². The van der Waals surface area contributed by atoms with E-state index in [9.17, 15) is 0 Å². The van der Waals surface area contributed by atoms with Gasteiger partial charge < -0.3 is 5.32 Å². The third kappa shape index (κ3) is 2.64. The van der Waals surface area contributed by atoms with Crippen LogP contribution in [0.4, 0.5) is 0 Å². The Kier molecular flexibility index (Phi) is 3.60. The van der Waals surface area contributed by atoms with Crippen LogP contribution in [0.15, 0.2) is 12.7 Å². The minimum Gasteiger partial charge on any atom is -0.311 e. The van der Waals surface area contributed by atoms with E-state index >= 15 is 0 Å². The molecular formula is C9H18N2. The lowest BCUT2D eigenvalue weighted by molar-refractivity contribution is 0.215. The molecule has 1 N–H and O–H groups in total. The zero-order chi connectivity index (χ0) is 8.10. The van der Waals surface area contributed by atoms with Gasteiger partial charge in [0, 0.05) is 32.2 Å². The minimum atomic E-state index is 0.698. The van der Waals surface area contributed by atoms with Crippen LogP contribution < -0.4 is 5.32 Å². The SMILES string of the molecule is C=CCN1CCNC(CC)C1. The molecule has 1 saturated heterocycles. The topological polar surface area (TPSA) is 15.3 Å². The molecule has 1 heterocycles.